The van der Waals surface area contributed by atoms with Gasteiger partial charge in [0.05, 0.1) is 6.61 Å². The van der Waals surface area contributed by atoms with E-state index in [4.69, 9.17) is 9.47 Å². The van der Waals surface area contributed by atoms with E-state index in [0.29, 0.717) is 12.8 Å². The second kappa shape index (κ2) is 59.6. The number of allylic oxidation sites excluding steroid dienone is 20. The molecule has 0 spiro atoms. The summed E-state index contributed by atoms with van der Waals surface area (Å²) >= 11 is 0. The summed E-state index contributed by atoms with van der Waals surface area (Å²) in [6, 6.07) is 0. The largest absolute Gasteiger partial charge is 0.462 e. The van der Waals surface area contributed by atoms with Gasteiger partial charge in [-0.3, -0.25) is 9.59 Å². The van der Waals surface area contributed by atoms with Crippen LogP contribution in [0.5, 0.6) is 0 Å². The molecule has 0 saturated carbocycles. The molecule has 398 valence electrons. The SMILES string of the molecule is CC/C=C\C/C=C\C/C=C\C/C=C\C/C=C\C/C=C\C/C=C\C/C=C\CCCCCCCCC(=O)OC(CO)COC(=O)CCCCCCCCCCCCCCC/C=C\C/C=C\CCCCCCC. The van der Waals surface area contributed by atoms with Gasteiger partial charge in [0.1, 0.15) is 6.61 Å². The number of unbranched alkanes of at least 4 members (excludes halogenated alkanes) is 24. The maximum atomic E-state index is 12.3. The molecule has 0 aromatic heterocycles. The molecule has 0 aliphatic heterocycles. The van der Waals surface area contributed by atoms with E-state index in [1.807, 2.05) is 0 Å². The number of aliphatic hydroxyl groups is 1. The Hall–Kier alpha value is -3.70. The summed E-state index contributed by atoms with van der Waals surface area (Å²) in [6.07, 6.45) is 87.4. The zero-order valence-electron chi connectivity index (χ0n) is 45.5. The summed E-state index contributed by atoms with van der Waals surface area (Å²) in [7, 11) is 0. The smallest absolute Gasteiger partial charge is 0.306 e. The molecule has 0 bridgehead atoms. The Morgan fingerprint density at radius 1 is 0.343 bits per heavy atom. The maximum Gasteiger partial charge on any atom is 0.306 e. The average Bonchev–Trinajstić information content (AvgIpc) is 3.36. The number of rotatable bonds is 52. The van der Waals surface area contributed by atoms with E-state index in [0.717, 1.165) is 103 Å². The van der Waals surface area contributed by atoms with Crippen molar-refractivity contribution in [2.45, 2.75) is 264 Å². The van der Waals surface area contributed by atoms with Crippen LogP contribution in [0.4, 0.5) is 0 Å². The van der Waals surface area contributed by atoms with Gasteiger partial charge in [-0.1, -0.05) is 257 Å². The molecule has 0 fully saturated rings. The third-order valence-corrected chi connectivity index (χ3v) is 12.2. The van der Waals surface area contributed by atoms with Gasteiger partial charge in [-0.2, -0.15) is 0 Å². The van der Waals surface area contributed by atoms with E-state index < -0.39 is 6.10 Å². The molecule has 0 radical (unpaired) electrons. The first kappa shape index (κ1) is 66.3. The van der Waals surface area contributed by atoms with Crippen molar-refractivity contribution in [2.75, 3.05) is 13.2 Å². The van der Waals surface area contributed by atoms with Crippen molar-refractivity contribution in [1.82, 2.24) is 0 Å². The topological polar surface area (TPSA) is 72.8 Å². The third-order valence-electron chi connectivity index (χ3n) is 12.2. The monoisotopic (exact) mass is 969 g/mol. The van der Waals surface area contributed by atoms with Gasteiger partial charge in [0.15, 0.2) is 6.10 Å². The molecular weight excluding hydrogens is 861 g/mol. The van der Waals surface area contributed by atoms with E-state index >= 15 is 0 Å². The van der Waals surface area contributed by atoms with Gasteiger partial charge in [0.2, 0.25) is 0 Å². The van der Waals surface area contributed by atoms with Crippen LogP contribution in [0.2, 0.25) is 0 Å². The molecule has 0 aromatic rings. The zero-order chi connectivity index (χ0) is 50.6. The van der Waals surface area contributed by atoms with Gasteiger partial charge in [0.25, 0.3) is 0 Å². The molecular formula is C65H108O5. The van der Waals surface area contributed by atoms with Crippen LogP contribution in [0.15, 0.2) is 122 Å². The zero-order valence-corrected chi connectivity index (χ0v) is 45.5. The van der Waals surface area contributed by atoms with E-state index in [-0.39, 0.29) is 25.2 Å². The average molecular weight is 970 g/mol. The minimum atomic E-state index is -0.790. The number of ether oxygens (including phenoxy) is 2. The fraction of sp³-hybridized carbons (Fsp3) is 0.662. The molecule has 0 rings (SSSR count). The summed E-state index contributed by atoms with van der Waals surface area (Å²) < 4.78 is 10.7. The highest BCUT2D eigenvalue weighted by atomic mass is 16.6. The number of carbonyl (C=O) groups is 2. The lowest BCUT2D eigenvalue weighted by molar-refractivity contribution is -0.161. The van der Waals surface area contributed by atoms with Gasteiger partial charge < -0.3 is 14.6 Å². The summed E-state index contributed by atoms with van der Waals surface area (Å²) in [5.74, 6) is -0.611. The van der Waals surface area contributed by atoms with E-state index in [1.54, 1.807) is 0 Å². The standard InChI is InChI=1S/C65H108O5/c1-3-5-7-9-11-13-15-17-19-21-23-25-27-29-30-31-32-33-34-36-38-40-42-44-46-48-50-52-54-56-58-60-65(68)70-63(61-66)62-69-64(67)59-57-55-53-51-49-47-45-43-41-39-37-35-28-26-24-22-20-18-16-14-12-10-8-6-4-2/h5,7,11,13,16-19,22-25,29-30,32-33,36,38,42,44,63,66H,3-4,6,8-10,12,14-15,20-21,26-28,31,34-35,37,39-41,43,45-62H2,1-2H3/b7-5-,13-11-,18-16-,19-17-,24-22-,25-23-,30-29-,33-32-,38-36-,44-42-. The molecule has 0 amide bonds. The van der Waals surface area contributed by atoms with Crippen molar-refractivity contribution >= 4 is 11.9 Å². The lowest BCUT2D eigenvalue weighted by atomic mass is 10.0. The van der Waals surface area contributed by atoms with Crippen molar-refractivity contribution in [3.05, 3.63) is 122 Å². The molecule has 5 heteroatoms. The molecule has 0 aromatic carbocycles. The van der Waals surface area contributed by atoms with Crippen LogP contribution >= 0.6 is 0 Å². The van der Waals surface area contributed by atoms with Gasteiger partial charge in [-0.25, -0.2) is 0 Å². The van der Waals surface area contributed by atoms with Crippen molar-refractivity contribution in [2.24, 2.45) is 0 Å². The highest BCUT2D eigenvalue weighted by Gasteiger charge is 2.16. The van der Waals surface area contributed by atoms with E-state index in [1.165, 1.54) is 128 Å². The normalized spacial score (nSPS) is 13.1. The third kappa shape index (κ3) is 56.9. The van der Waals surface area contributed by atoms with E-state index in [2.05, 4.69) is 135 Å². The molecule has 0 saturated heterocycles. The minimum absolute atomic E-state index is 0.0785. The van der Waals surface area contributed by atoms with Crippen LogP contribution in [0.1, 0.15) is 258 Å². The fourth-order valence-electron chi connectivity index (χ4n) is 7.90. The van der Waals surface area contributed by atoms with Crippen LogP contribution in [0.3, 0.4) is 0 Å². The van der Waals surface area contributed by atoms with Gasteiger partial charge in [-0.05, 0) is 109 Å². The second-order valence-electron chi connectivity index (χ2n) is 19.0. The molecule has 0 aliphatic carbocycles. The first-order chi connectivity index (χ1) is 34.6. The highest BCUT2D eigenvalue weighted by Crippen LogP contribution is 2.15. The van der Waals surface area contributed by atoms with Crippen molar-refractivity contribution in [3.8, 4) is 0 Å². The van der Waals surface area contributed by atoms with Gasteiger partial charge in [0, 0.05) is 12.8 Å². The van der Waals surface area contributed by atoms with Crippen LogP contribution in [0, 0.1) is 0 Å². The Morgan fingerprint density at radius 3 is 0.929 bits per heavy atom. The lowest BCUT2D eigenvalue weighted by Crippen LogP contribution is -2.28. The summed E-state index contributed by atoms with van der Waals surface area (Å²) in [6.45, 7) is 4.01. The maximum absolute atomic E-state index is 12.3. The number of hydrogen-bond acceptors (Lipinski definition) is 5. The van der Waals surface area contributed by atoms with Crippen LogP contribution < -0.4 is 0 Å². The van der Waals surface area contributed by atoms with E-state index in [9.17, 15) is 14.7 Å². The predicted molar refractivity (Wildman–Crippen MR) is 306 cm³/mol. The summed E-state index contributed by atoms with van der Waals surface area (Å²) in [5.41, 5.74) is 0. The van der Waals surface area contributed by atoms with Crippen LogP contribution in [0.25, 0.3) is 0 Å². The summed E-state index contributed by atoms with van der Waals surface area (Å²) in [4.78, 5) is 24.5. The van der Waals surface area contributed by atoms with Crippen LogP contribution in [-0.2, 0) is 19.1 Å². The minimum Gasteiger partial charge on any atom is -0.462 e. The molecule has 1 unspecified atom stereocenters. The molecule has 1 atom stereocenters. The first-order valence-corrected chi connectivity index (χ1v) is 29.1. The Kier molecular flexibility index (Phi) is 56.5. The number of hydrogen-bond donors (Lipinski definition) is 1. The quantitative estimate of drug-likeness (QED) is 0.0374. The van der Waals surface area contributed by atoms with Crippen molar-refractivity contribution in [1.29, 1.82) is 0 Å². The predicted octanol–water partition coefficient (Wildman–Crippen LogP) is 19.9. The molecule has 0 heterocycles. The summed E-state index contributed by atoms with van der Waals surface area (Å²) in [5, 5.41) is 9.66. The molecule has 0 aliphatic rings. The van der Waals surface area contributed by atoms with Gasteiger partial charge in [-0.15, -0.1) is 0 Å². The highest BCUT2D eigenvalue weighted by molar-refractivity contribution is 5.70. The Balaban J connectivity index is 3.58. The number of aliphatic hydroxyl groups excluding tert-OH is 1. The van der Waals surface area contributed by atoms with Crippen LogP contribution in [-0.4, -0.2) is 36.4 Å². The Bertz CT molecular complexity index is 1420. The molecule has 5 nitrogen and oxygen atoms in total. The first-order valence-electron chi connectivity index (χ1n) is 29.1. The van der Waals surface area contributed by atoms with Gasteiger partial charge >= 0.3 is 11.9 Å². The fourth-order valence-corrected chi connectivity index (χ4v) is 7.90. The molecule has 1 N–H and O–H groups in total. The lowest BCUT2D eigenvalue weighted by Gasteiger charge is -2.15. The second-order valence-corrected chi connectivity index (χ2v) is 19.0. The van der Waals surface area contributed by atoms with Crippen molar-refractivity contribution in [3.63, 3.8) is 0 Å². The number of carbonyl (C=O) groups excluding carboxylic acids is 2. The Morgan fingerprint density at radius 2 is 0.614 bits per heavy atom. The van der Waals surface area contributed by atoms with Crippen molar-refractivity contribution < 1.29 is 24.2 Å². The molecule has 70 heavy (non-hydrogen) atoms. The number of esters is 2. The Labute approximate surface area is 433 Å².